The molecule has 1 atom stereocenters. The maximum Gasteiger partial charge on any atom is 0.191 e. The van der Waals surface area contributed by atoms with E-state index < -0.39 is 0 Å². The van der Waals surface area contributed by atoms with Crippen LogP contribution in [0.4, 0.5) is 5.82 Å². The number of hydrogen-bond donors (Lipinski definition) is 2. The first-order chi connectivity index (χ1) is 10.0. The summed E-state index contributed by atoms with van der Waals surface area (Å²) in [5.74, 6) is 0.370. The minimum Gasteiger partial charge on any atom is -0.384 e. The van der Waals surface area contributed by atoms with E-state index in [1.54, 1.807) is 0 Å². The maximum atomic E-state index is 5.90. The van der Waals surface area contributed by atoms with Crippen molar-refractivity contribution in [3.8, 4) is 0 Å². The first-order valence-electron chi connectivity index (χ1n) is 6.43. The third-order valence-electron chi connectivity index (χ3n) is 3.19. The molecule has 108 valence electrons. The number of halogens is 1. The molecule has 0 aliphatic rings. The summed E-state index contributed by atoms with van der Waals surface area (Å²) in [5, 5.41) is 2.18. The second-order valence-corrected chi connectivity index (χ2v) is 6.48. The lowest BCUT2D eigenvalue weighted by molar-refractivity contribution is 0.947. The number of fused-ring (bicyclic) bond motifs is 1. The van der Waals surface area contributed by atoms with Gasteiger partial charge in [0.1, 0.15) is 11.0 Å². The smallest absolute Gasteiger partial charge is 0.191 e. The van der Waals surface area contributed by atoms with Crippen LogP contribution in [-0.4, -0.2) is 19.9 Å². The third kappa shape index (κ3) is 2.96. The molecule has 0 fully saturated rings. The maximum absolute atomic E-state index is 5.90. The highest BCUT2D eigenvalue weighted by Crippen LogP contribution is 2.33. The molecule has 7 heteroatoms. The summed E-state index contributed by atoms with van der Waals surface area (Å²) >= 11 is 7.38. The first-order valence-corrected chi connectivity index (χ1v) is 7.69. The second-order valence-electron chi connectivity index (χ2n) is 4.78. The normalized spacial score (nSPS) is 12.7. The molecule has 0 amide bonds. The van der Waals surface area contributed by atoms with Gasteiger partial charge in [-0.2, -0.15) is 0 Å². The van der Waals surface area contributed by atoms with Gasteiger partial charge in [0.2, 0.25) is 0 Å². The van der Waals surface area contributed by atoms with E-state index in [0.29, 0.717) is 16.1 Å². The monoisotopic (exact) mass is 319 g/mol. The Morgan fingerprint density at radius 1 is 1.33 bits per heavy atom. The molecule has 3 rings (SSSR count). The Labute approximate surface area is 131 Å². The summed E-state index contributed by atoms with van der Waals surface area (Å²) < 4.78 is 0. The Morgan fingerprint density at radius 2 is 2.14 bits per heavy atom. The van der Waals surface area contributed by atoms with Crippen molar-refractivity contribution < 1.29 is 0 Å². The summed E-state index contributed by atoms with van der Waals surface area (Å²) in [4.78, 5) is 16.0. The highest BCUT2D eigenvalue weighted by molar-refractivity contribution is 7.99. The predicted molar refractivity (Wildman–Crippen MR) is 86.6 cm³/mol. The third-order valence-corrected chi connectivity index (χ3v) is 4.37. The van der Waals surface area contributed by atoms with Crippen molar-refractivity contribution in [2.24, 2.45) is 0 Å². The van der Waals surface area contributed by atoms with Crippen molar-refractivity contribution in [3.05, 3.63) is 40.9 Å². The Kier molecular flexibility index (Phi) is 3.73. The fourth-order valence-electron chi connectivity index (χ4n) is 2.08. The number of aromatic nitrogens is 4. The topological polar surface area (TPSA) is 80.5 Å². The van der Waals surface area contributed by atoms with Crippen molar-refractivity contribution in [2.45, 2.75) is 24.3 Å². The molecule has 3 heterocycles. The number of nitrogens with zero attached hydrogens (tertiary/aromatic N) is 3. The SMILES string of the molecule is Cc1c[nH]c2cnc(C(C)Sc3nc(N)cc(Cl)n3)cc12. The van der Waals surface area contributed by atoms with Crippen LogP contribution in [0.1, 0.15) is 23.4 Å². The second kappa shape index (κ2) is 5.54. The number of nitrogen functional groups attached to an aromatic ring is 1. The average molecular weight is 320 g/mol. The highest BCUT2D eigenvalue weighted by Gasteiger charge is 2.13. The zero-order chi connectivity index (χ0) is 15.0. The van der Waals surface area contributed by atoms with Crippen LogP contribution in [0.25, 0.3) is 10.9 Å². The van der Waals surface area contributed by atoms with Crippen molar-refractivity contribution in [3.63, 3.8) is 0 Å². The minimum atomic E-state index is 0.0987. The van der Waals surface area contributed by atoms with Crippen LogP contribution in [-0.2, 0) is 0 Å². The Balaban J connectivity index is 1.89. The van der Waals surface area contributed by atoms with Crippen LogP contribution in [0.3, 0.4) is 0 Å². The van der Waals surface area contributed by atoms with Crippen LogP contribution in [0.15, 0.2) is 29.7 Å². The Bertz CT molecular complexity index is 781. The lowest BCUT2D eigenvalue weighted by Crippen LogP contribution is -1.98. The van der Waals surface area contributed by atoms with Crippen molar-refractivity contribution >= 4 is 40.1 Å². The number of nitrogens with two attached hydrogens (primary N) is 1. The van der Waals surface area contributed by atoms with E-state index in [1.165, 1.54) is 28.8 Å². The molecule has 0 radical (unpaired) electrons. The summed E-state index contributed by atoms with van der Waals surface area (Å²) in [6, 6.07) is 3.62. The summed E-state index contributed by atoms with van der Waals surface area (Å²) in [5.41, 5.74) is 8.90. The number of hydrogen-bond acceptors (Lipinski definition) is 5. The molecule has 0 aromatic carbocycles. The molecule has 0 saturated carbocycles. The molecule has 5 nitrogen and oxygen atoms in total. The Morgan fingerprint density at radius 3 is 2.90 bits per heavy atom. The van der Waals surface area contributed by atoms with Gasteiger partial charge < -0.3 is 10.7 Å². The fourth-order valence-corrected chi connectivity index (χ4v) is 3.20. The van der Waals surface area contributed by atoms with E-state index in [9.17, 15) is 0 Å². The van der Waals surface area contributed by atoms with Gasteiger partial charge in [0.05, 0.1) is 22.7 Å². The van der Waals surface area contributed by atoms with E-state index >= 15 is 0 Å². The van der Waals surface area contributed by atoms with E-state index in [0.717, 1.165) is 11.2 Å². The zero-order valence-corrected chi connectivity index (χ0v) is 13.2. The summed E-state index contributed by atoms with van der Waals surface area (Å²) in [7, 11) is 0. The van der Waals surface area contributed by atoms with Gasteiger partial charge >= 0.3 is 0 Å². The predicted octanol–water partition coefficient (Wildman–Crippen LogP) is 3.75. The number of anilines is 1. The van der Waals surface area contributed by atoms with Gasteiger partial charge in [0, 0.05) is 17.6 Å². The number of aromatic amines is 1. The molecule has 3 N–H and O–H groups in total. The zero-order valence-electron chi connectivity index (χ0n) is 11.6. The van der Waals surface area contributed by atoms with Crippen LogP contribution in [0.2, 0.25) is 5.15 Å². The fraction of sp³-hybridized carbons (Fsp3) is 0.214. The van der Waals surface area contributed by atoms with Gasteiger partial charge in [-0.15, -0.1) is 0 Å². The summed E-state index contributed by atoms with van der Waals surface area (Å²) in [6.45, 7) is 4.13. The molecular weight excluding hydrogens is 306 g/mol. The molecule has 0 saturated heterocycles. The van der Waals surface area contributed by atoms with Gasteiger partial charge in [-0.3, -0.25) is 4.98 Å². The van der Waals surface area contributed by atoms with Crippen LogP contribution >= 0.6 is 23.4 Å². The molecule has 3 aromatic heterocycles. The van der Waals surface area contributed by atoms with Gasteiger partial charge in [-0.1, -0.05) is 23.4 Å². The van der Waals surface area contributed by atoms with Crippen LogP contribution in [0, 0.1) is 6.92 Å². The summed E-state index contributed by atoms with van der Waals surface area (Å²) in [6.07, 6.45) is 3.83. The molecule has 0 aliphatic carbocycles. The van der Waals surface area contributed by atoms with E-state index in [1.807, 2.05) is 12.4 Å². The lowest BCUT2D eigenvalue weighted by atomic mass is 10.2. The van der Waals surface area contributed by atoms with Crippen LogP contribution in [0.5, 0.6) is 0 Å². The highest BCUT2D eigenvalue weighted by atomic mass is 35.5. The molecule has 0 spiro atoms. The first kappa shape index (κ1) is 14.2. The van der Waals surface area contributed by atoms with Crippen molar-refractivity contribution in [2.75, 3.05) is 5.73 Å². The molecule has 0 bridgehead atoms. The number of rotatable bonds is 3. The van der Waals surface area contributed by atoms with Gasteiger partial charge in [-0.05, 0) is 25.5 Å². The van der Waals surface area contributed by atoms with Crippen LogP contribution < -0.4 is 5.73 Å². The number of H-pyrrole nitrogens is 1. The van der Waals surface area contributed by atoms with Gasteiger partial charge in [-0.25, -0.2) is 9.97 Å². The molecule has 21 heavy (non-hydrogen) atoms. The van der Waals surface area contributed by atoms with E-state index in [4.69, 9.17) is 17.3 Å². The minimum absolute atomic E-state index is 0.0987. The standard InChI is InChI=1S/C14H14ClN5S/c1-7-5-17-11-6-18-10(3-9(7)11)8(2)21-14-19-12(15)4-13(16)20-14/h3-6,8,17H,1-2H3,(H2,16,19,20). The van der Waals surface area contributed by atoms with E-state index in [2.05, 4.69) is 39.8 Å². The van der Waals surface area contributed by atoms with E-state index in [-0.39, 0.29) is 5.25 Å². The Hall–Kier alpha value is -1.79. The van der Waals surface area contributed by atoms with Gasteiger partial charge in [0.15, 0.2) is 5.16 Å². The van der Waals surface area contributed by atoms with Gasteiger partial charge in [0.25, 0.3) is 0 Å². The number of nitrogens with one attached hydrogen (secondary N) is 1. The number of thioether (sulfide) groups is 1. The molecule has 0 aliphatic heterocycles. The molecule has 1 unspecified atom stereocenters. The molecular formula is C14H14ClN5S. The number of aryl methyl sites for hydroxylation is 1. The average Bonchev–Trinajstić information content (AvgIpc) is 2.79. The van der Waals surface area contributed by atoms with Crippen molar-refractivity contribution in [1.82, 2.24) is 19.9 Å². The van der Waals surface area contributed by atoms with Crippen molar-refractivity contribution in [1.29, 1.82) is 0 Å². The largest absolute Gasteiger partial charge is 0.384 e. The quantitative estimate of drug-likeness (QED) is 0.436. The lowest BCUT2D eigenvalue weighted by Gasteiger charge is -2.10. The molecule has 3 aromatic rings. The number of pyridine rings is 1.